The van der Waals surface area contributed by atoms with Crippen molar-refractivity contribution in [3.8, 4) is 0 Å². The number of rotatable bonds is 13. The van der Waals surface area contributed by atoms with Crippen molar-refractivity contribution < 1.29 is 19.5 Å². The summed E-state index contributed by atoms with van der Waals surface area (Å²) in [5, 5.41) is 10.5. The molecule has 4 rings (SSSR count). The molecule has 3 aliphatic rings. The van der Waals surface area contributed by atoms with Gasteiger partial charge in [0.25, 0.3) is 5.91 Å². The van der Waals surface area contributed by atoms with Crippen molar-refractivity contribution in [2.24, 2.45) is 17.8 Å². The van der Waals surface area contributed by atoms with E-state index in [1.165, 1.54) is 0 Å². The van der Waals surface area contributed by atoms with Gasteiger partial charge in [-0.1, -0.05) is 26.0 Å². The van der Waals surface area contributed by atoms with E-state index in [0.29, 0.717) is 13.0 Å². The second-order valence-corrected chi connectivity index (χ2v) is 14.3. The lowest BCUT2D eigenvalue weighted by molar-refractivity contribution is -0.146. The van der Waals surface area contributed by atoms with Crippen LogP contribution in [0.25, 0.3) is 0 Å². The molecule has 0 aliphatic carbocycles. The van der Waals surface area contributed by atoms with Crippen LogP contribution in [0, 0.1) is 17.8 Å². The molecule has 2 bridgehead atoms. The summed E-state index contributed by atoms with van der Waals surface area (Å²) in [7, 11) is 1.74. The number of hydrogen-bond acceptors (Lipinski definition) is 6. The molecule has 1 N–H and O–H groups in total. The first-order chi connectivity index (χ1) is 20.0. The first kappa shape index (κ1) is 32.1. The summed E-state index contributed by atoms with van der Waals surface area (Å²) in [5.74, 6) is -1.75. The van der Waals surface area contributed by atoms with Crippen molar-refractivity contribution in [2.45, 2.75) is 69.0 Å². The van der Waals surface area contributed by atoms with Gasteiger partial charge in [0.2, 0.25) is 11.8 Å². The van der Waals surface area contributed by atoms with Gasteiger partial charge < -0.3 is 24.7 Å². The van der Waals surface area contributed by atoms with E-state index in [-0.39, 0.29) is 36.8 Å². The maximum atomic E-state index is 14.9. The first-order valence-corrected chi connectivity index (χ1v) is 16.0. The summed E-state index contributed by atoms with van der Waals surface area (Å²) in [4.78, 5) is 50.6. The number of fused-ring (bicyclic) bond motifs is 1. The lowest BCUT2D eigenvalue weighted by Gasteiger charge is -2.40. The molecule has 0 saturated carbocycles. The third-order valence-electron chi connectivity index (χ3n) is 9.68. The highest BCUT2D eigenvalue weighted by atomic mass is 32.2. The summed E-state index contributed by atoms with van der Waals surface area (Å²) in [6.07, 6.45) is 4.79. The molecular weight excluding hydrogens is 548 g/mol. The van der Waals surface area contributed by atoms with E-state index in [2.05, 4.69) is 38.8 Å². The van der Waals surface area contributed by atoms with Crippen molar-refractivity contribution in [3.63, 3.8) is 0 Å². The van der Waals surface area contributed by atoms with E-state index in [1.807, 2.05) is 38.1 Å². The Kier molecular flexibility index (Phi) is 9.53. The highest BCUT2D eigenvalue weighted by Crippen LogP contribution is 2.72. The zero-order valence-electron chi connectivity index (χ0n) is 26.1. The SMILES string of the molecule is C=CCN(C)C(=O)[C@@H]1[C@H]2C(=O)N([C@@H](CO)C(C)C)C(C(=O)N(CC=C)c3ccc(N(CC)CC)cc3)C23CC[C@@]1(C)S3. The van der Waals surface area contributed by atoms with E-state index in [1.54, 1.807) is 45.7 Å². The molecule has 3 aliphatic heterocycles. The Bertz CT molecular complexity index is 1200. The Morgan fingerprint density at radius 3 is 2.19 bits per heavy atom. The Balaban J connectivity index is 1.82. The number of carbonyl (C=O) groups is 3. The minimum absolute atomic E-state index is 0.0823. The molecule has 2 unspecified atom stereocenters. The lowest BCUT2D eigenvalue weighted by Crippen LogP contribution is -2.58. The van der Waals surface area contributed by atoms with Crippen molar-refractivity contribution >= 4 is 40.9 Å². The van der Waals surface area contributed by atoms with E-state index in [0.717, 1.165) is 30.9 Å². The van der Waals surface area contributed by atoms with E-state index >= 15 is 0 Å². The largest absolute Gasteiger partial charge is 0.394 e. The third-order valence-corrected chi connectivity index (χ3v) is 11.7. The number of anilines is 2. The molecule has 1 aromatic carbocycles. The maximum Gasteiger partial charge on any atom is 0.251 e. The molecule has 0 radical (unpaired) electrons. The van der Waals surface area contributed by atoms with Gasteiger partial charge in [-0.25, -0.2) is 0 Å². The van der Waals surface area contributed by atoms with Gasteiger partial charge in [0.1, 0.15) is 6.04 Å². The molecule has 230 valence electrons. The van der Waals surface area contributed by atoms with E-state index < -0.39 is 33.4 Å². The standard InChI is InChI=1S/C33H48N4O4S/c1-9-19-34(8)29(39)26-27-30(40)37(25(21-38)22(5)6)28(33(27)18-17-32(26,7)42-33)31(41)36(20-10-2)24-15-13-23(14-16-24)35(11-3)12-4/h9-10,13-16,22,25-28,38H,1-2,11-12,17-21H2,3-8H3/t25-,26-,27-,28?,32+,33?/m0/s1. The Hall–Kier alpha value is -2.78. The van der Waals surface area contributed by atoms with Crippen LogP contribution in [0.2, 0.25) is 0 Å². The average molecular weight is 597 g/mol. The molecule has 1 spiro atoms. The molecule has 3 fully saturated rings. The van der Waals surface area contributed by atoms with Gasteiger partial charge in [0.05, 0.1) is 29.2 Å². The average Bonchev–Trinajstić information content (AvgIpc) is 3.53. The Labute approximate surface area is 255 Å². The zero-order valence-corrected chi connectivity index (χ0v) is 26.9. The normalized spacial score (nSPS) is 28.5. The number of amides is 3. The molecule has 42 heavy (non-hydrogen) atoms. The Morgan fingerprint density at radius 1 is 1.07 bits per heavy atom. The monoisotopic (exact) mass is 596 g/mol. The fraction of sp³-hybridized carbons (Fsp3) is 0.606. The van der Waals surface area contributed by atoms with Crippen molar-refractivity contribution in [2.75, 3.05) is 49.6 Å². The van der Waals surface area contributed by atoms with Crippen LogP contribution < -0.4 is 9.80 Å². The number of aliphatic hydroxyl groups is 1. The van der Waals surface area contributed by atoms with Gasteiger partial charge in [-0.3, -0.25) is 14.4 Å². The highest BCUT2D eigenvalue weighted by Gasteiger charge is 2.78. The number of hydrogen-bond donors (Lipinski definition) is 1. The minimum atomic E-state index is -0.814. The van der Waals surface area contributed by atoms with Crippen LogP contribution in [0.15, 0.2) is 49.6 Å². The highest BCUT2D eigenvalue weighted by molar-refractivity contribution is 8.02. The lowest BCUT2D eigenvalue weighted by atomic mass is 9.66. The van der Waals surface area contributed by atoms with Gasteiger partial charge in [-0.2, -0.15) is 0 Å². The second kappa shape index (κ2) is 12.4. The summed E-state index contributed by atoms with van der Waals surface area (Å²) in [6.45, 7) is 20.1. The van der Waals surface area contributed by atoms with E-state index in [9.17, 15) is 19.5 Å². The molecule has 3 heterocycles. The number of thioether (sulfide) groups is 1. The number of likely N-dealkylation sites (tertiary alicyclic amines) is 1. The zero-order chi connectivity index (χ0) is 31.0. The van der Waals surface area contributed by atoms with Crippen molar-refractivity contribution in [3.05, 3.63) is 49.6 Å². The summed E-state index contributed by atoms with van der Waals surface area (Å²) < 4.78 is -1.22. The van der Waals surface area contributed by atoms with Gasteiger partial charge >= 0.3 is 0 Å². The number of aliphatic hydroxyl groups excluding tert-OH is 1. The molecule has 1 aromatic rings. The van der Waals surface area contributed by atoms with Crippen molar-refractivity contribution in [1.29, 1.82) is 0 Å². The van der Waals surface area contributed by atoms with Crippen LogP contribution in [-0.2, 0) is 14.4 Å². The minimum Gasteiger partial charge on any atom is -0.394 e. The predicted molar refractivity (Wildman–Crippen MR) is 172 cm³/mol. The molecule has 3 amide bonds. The topological polar surface area (TPSA) is 84.4 Å². The molecule has 8 nitrogen and oxygen atoms in total. The molecule has 0 aromatic heterocycles. The number of benzene rings is 1. The van der Waals surface area contributed by atoms with Gasteiger partial charge in [0, 0.05) is 49.3 Å². The fourth-order valence-corrected chi connectivity index (χ4v) is 9.88. The third kappa shape index (κ3) is 5.06. The first-order valence-electron chi connectivity index (χ1n) is 15.2. The quantitative estimate of drug-likeness (QED) is 0.344. The Morgan fingerprint density at radius 2 is 1.67 bits per heavy atom. The van der Waals surface area contributed by atoms with Crippen molar-refractivity contribution in [1.82, 2.24) is 9.80 Å². The summed E-state index contributed by atoms with van der Waals surface area (Å²) in [6, 6.07) is 6.59. The van der Waals surface area contributed by atoms with Crippen LogP contribution in [-0.4, -0.2) is 94.0 Å². The molecule has 9 heteroatoms. The summed E-state index contributed by atoms with van der Waals surface area (Å²) in [5.41, 5.74) is 1.81. The molecular formula is C33H48N4O4S. The van der Waals surface area contributed by atoms with E-state index in [4.69, 9.17) is 0 Å². The number of likely N-dealkylation sites (N-methyl/N-ethyl adjacent to an activating group) is 1. The fourth-order valence-electron chi connectivity index (χ4n) is 7.55. The van der Waals surface area contributed by atoms with Crippen LogP contribution in [0.5, 0.6) is 0 Å². The predicted octanol–water partition coefficient (Wildman–Crippen LogP) is 4.19. The maximum absolute atomic E-state index is 14.9. The molecule has 6 atom stereocenters. The van der Waals surface area contributed by atoms with Gasteiger partial charge in [0.15, 0.2) is 0 Å². The van der Waals surface area contributed by atoms with Gasteiger partial charge in [-0.15, -0.1) is 24.9 Å². The molecule has 3 saturated heterocycles. The van der Waals surface area contributed by atoms with Crippen LogP contribution >= 0.6 is 11.8 Å². The van der Waals surface area contributed by atoms with Crippen LogP contribution in [0.3, 0.4) is 0 Å². The number of nitrogens with zero attached hydrogens (tertiary/aromatic N) is 4. The smallest absolute Gasteiger partial charge is 0.251 e. The second-order valence-electron chi connectivity index (χ2n) is 12.4. The summed E-state index contributed by atoms with van der Waals surface area (Å²) >= 11 is 1.65. The van der Waals surface area contributed by atoms with Crippen LogP contribution in [0.1, 0.15) is 47.5 Å². The van der Waals surface area contributed by atoms with Gasteiger partial charge in [-0.05, 0) is 63.8 Å². The number of carbonyl (C=O) groups excluding carboxylic acids is 3. The van der Waals surface area contributed by atoms with Crippen LogP contribution in [0.4, 0.5) is 11.4 Å².